The summed E-state index contributed by atoms with van der Waals surface area (Å²) in [7, 11) is 0. The van der Waals surface area contributed by atoms with Crippen LogP contribution >= 0.6 is 0 Å². The molecule has 0 aliphatic carbocycles. The Labute approximate surface area is 116 Å². The molecule has 20 heavy (non-hydrogen) atoms. The molecule has 2 heterocycles. The normalized spacial score (nSPS) is 26.9. The van der Waals surface area contributed by atoms with Crippen LogP contribution in [-0.2, 0) is 4.79 Å². The van der Waals surface area contributed by atoms with Gasteiger partial charge >= 0.3 is 6.18 Å². The quantitative estimate of drug-likeness (QED) is 0.681. The molecule has 1 unspecified atom stereocenters. The molecule has 114 valence electrons. The third kappa shape index (κ3) is 2.55. The minimum atomic E-state index is -4.37. The Kier molecular flexibility index (Phi) is 3.60. The van der Waals surface area contributed by atoms with Crippen LogP contribution in [0.4, 0.5) is 13.2 Å². The van der Waals surface area contributed by atoms with E-state index >= 15 is 0 Å². The summed E-state index contributed by atoms with van der Waals surface area (Å²) in [6, 6.07) is -0.476. The standard InChI is InChI=1S/C13H21F3N3O/c1-9(2)17-5-6-18-10(7-17)11(20)19(12(18,3)4)8-13(14,15)16/h10H,5-8H2,1-4H3/q+1. The topological polar surface area (TPSA) is 26.6 Å². The number of hydrogen-bond acceptors (Lipinski definition) is 2. The van der Waals surface area contributed by atoms with Gasteiger partial charge in [0.2, 0.25) is 5.91 Å². The third-order valence-electron chi connectivity index (χ3n) is 4.26. The van der Waals surface area contributed by atoms with E-state index in [2.05, 4.69) is 4.58 Å². The number of carbonyl (C=O) groups is 1. The first-order valence-electron chi connectivity index (χ1n) is 6.74. The summed E-state index contributed by atoms with van der Waals surface area (Å²) in [6.07, 6.45) is -4.37. The summed E-state index contributed by atoms with van der Waals surface area (Å²) < 4.78 is 40.1. The fourth-order valence-corrected chi connectivity index (χ4v) is 3.11. The maximum Gasteiger partial charge on any atom is 0.406 e. The van der Waals surface area contributed by atoms with Crippen molar-refractivity contribution in [3.63, 3.8) is 0 Å². The van der Waals surface area contributed by atoms with Crippen molar-refractivity contribution in [1.82, 2.24) is 9.80 Å². The summed E-state index contributed by atoms with van der Waals surface area (Å²) in [5, 5.41) is 0. The van der Waals surface area contributed by atoms with Crippen molar-refractivity contribution < 1.29 is 22.5 Å². The van der Waals surface area contributed by atoms with Gasteiger partial charge in [0.15, 0.2) is 19.1 Å². The second kappa shape index (κ2) is 4.72. The van der Waals surface area contributed by atoms with Crippen LogP contribution in [0.1, 0.15) is 27.7 Å². The van der Waals surface area contributed by atoms with Crippen LogP contribution in [0.15, 0.2) is 0 Å². The molecule has 2 aliphatic heterocycles. The van der Waals surface area contributed by atoms with Crippen LogP contribution in [0.2, 0.25) is 0 Å². The first-order valence-corrected chi connectivity index (χ1v) is 6.74. The zero-order valence-electron chi connectivity index (χ0n) is 12.3. The molecule has 0 saturated carbocycles. The Balaban J connectivity index is 2.28. The van der Waals surface area contributed by atoms with Gasteiger partial charge < -0.3 is 4.90 Å². The van der Waals surface area contributed by atoms with Crippen molar-refractivity contribution in [2.75, 3.05) is 26.2 Å². The van der Waals surface area contributed by atoms with Crippen LogP contribution in [0.5, 0.6) is 0 Å². The number of alkyl halides is 3. The lowest BCUT2D eigenvalue weighted by Gasteiger charge is -2.39. The molecular weight excluding hydrogens is 271 g/mol. The average Bonchev–Trinajstić information content (AvgIpc) is 2.49. The van der Waals surface area contributed by atoms with E-state index in [1.807, 2.05) is 18.7 Å². The van der Waals surface area contributed by atoms with E-state index < -0.39 is 30.3 Å². The van der Waals surface area contributed by atoms with Gasteiger partial charge in [-0.3, -0.25) is 9.69 Å². The lowest BCUT2D eigenvalue weighted by molar-refractivity contribution is -0.546. The number of fused-ring (bicyclic) bond motifs is 1. The number of rotatable bonds is 1. The maximum absolute atomic E-state index is 12.7. The van der Waals surface area contributed by atoms with Gasteiger partial charge in [0, 0.05) is 13.8 Å². The van der Waals surface area contributed by atoms with E-state index in [9.17, 15) is 18.0 Å². The van der Waals surface area contributed by atoms with Crippen LogP contribution in [0.3, 0.4) is 0 Å². The summed E-state index contributed by atoms with van der Waals surface area (Å²) in [6.45, 7) is 7.92. The Hall–Kier alpha value is -1.11. The van der Waals surface area contributed by atoms with E-state index in [-0.39, 0.29) is 0 Å². The number of halogens is 3. The number of amides is 1. The summed E-state index contributed by atoms with van der Waals surface area (Å²) in [5.74, 6) is -0.418. The van der Waals surface area contributed by atoms with Crippen molar-refractivity contribution in [3.8, 4) is 0 Å². The van der Waals surface area contributed by atoms with Gasteiger partial charge in [-0.2, -0.15) is 13.2 Å². The summed E-state index contributed by atoms with van der Waals surface area (Å²) in [4.78, 5) is 15.2. The predicted octanol–water partition coefficient (Wildman–Crippen LogP) is 1.30. The minimum Gasteiger partial charge on any atom is -0.314 e. The molecule has 0 spiro atoms. The predicted molar refractivity (Wildman–Crippen MR) is 68.7 cm³/mol. The SMILES string of the molecule is CC(C)=[N+]1CCN2C(C1)C(=O)N(CC(F)(F)F)C2(C)C. The van der Waals surface area contributed by atoms with Gasteiger partial charge in [-0.15, -0.1) is 0 Å². The number of piperazine rings is 1. The van der Waals surface area contributed by atoms with Gasteiger partial charge in [-0.25, -0.2) is 4.58 Å². The number of hydrogen-bond donors (Lipinski definition) is 0. The van der Waals surface area contributed by atoms with Crippen LogP contribution in [0.25, 0.3) is 0 Å². The highest BCUT2D eigenvalue weighted by Crippen LogP contribution is 2.35. The molecule has 0 bridgehead atoms. The summed E-state index contributed by atoms with van der Waals surface area (Å²) >= 11 is 0. The van der Waals surface area contributed by atoms with Gasteiger partial charge in [0.25, 0.3) is 0 Å². The molecular formula is C13H21F3N3O+. The Bertz CT molecular complexity index is 452. The van der Waals surface area contributed by atoms with Gasteiger partial charge in [-0.05, 0) is 13.8 Å². The van der Waals surface area contributed by atoms with E-state index in [0.29, 0.717) is 13.1 Å². The van der Waals surface area contributed by atoms with Crippen molar-refractivity contribution in [1.29, 1.82) is 0 Å². The summed E-state index contributed by atoms with van der Waals surface area (Å²) in [5.41, 5.74) is 0.204. The molecule has 1 amide bonds. The van der Waals surface area contributed by atoms with Crippen LogP contribution in [0, 0.1) is 0 Å². The average molecular weight is 292 g/mol. The van der Waals surface area contributed by atoms with E-state index in [1.165, 1.54) is 0 Å². The fourth-order valence-electron chi connectivity index (χ4n) is 3.11. The first-order chi connectivity index (χ1) is 9.04. The highest BCUT2D eigenvalue weighted by Gasteiger charge is 2.56. The molecule has 0 aromatic carbocycles. The Morgan fingerprint density at radius 3 is 2.50 bits per heavy atom. The second-order valence-corrected chi connectivity index (χ2v) is 6.14. The first kappa shape index (κ1) is 15.3. The van der Waals surface area contributed by atoms with E-state index in [1.54, 1.807) is 13.8 Å². The molecule has 4 nitrogen and oxygen atoms in total. The molecule has 2 saturated heterocycles. The lowest BCUT2D eigenvalue weighted by Crippen LogP contribution is -2.56. The maximum atomic E-state index is 12.7. The van der Waals surface area contributed by atoms with Crippen LogP contribution < -0.4 is 0 Å². The van der Waals surface area contributed by atoms with Crippen molar-refractivity contribution in [2.24, 2.45) is 0 Å². The zero-order chi connectivity index (χ0) is 15.3. The zero-order valence-corrected chi connectivity index (χ0v) is 12.3. The molecule has 2 rings (SSSR count). The Morgan fingerprint density at radius 2 is 2.00 bits per heavy atom. The van der Waals surface area contributed by atoms with E-state index in [0.717, 1.165) is 17.2 Å². The molecule has 2 aliphatic rings. The van der Waals surface area contributed by atoms with Crippen molar-refractivity contribution in [3.05, 3.63) is 0 Å². The number of nitrogens with zero attached hydrogens (tertiary/aromatic N) is 3. The molecule has 7 heteroatoms. The highest BCUT2D eigenvalue weighted by molar-refractivity contribution is 5.85. The highest BCUT2D eigenvalue weighted by atomic mass is 19.4. The molecule has 0 aromatic heterocycles. The van der Waals surface area contributed by atoms with E-state index in [4.69, 9.17) is 0 Å². The molecule has 1 atom stereocenters. The lowest BCUT2D eigenvalue weighted by atomic mass is 10.1. The van der Waals surface area contributed by atoms with Crippen molar-refractivity contribution >= 4 is 11.6 Å². The molecule has 0 aromatic rings. The molecule has 0 radical (unpaired) electrons. The fraction of sp³-hybridized carbons (Fsp3) is 0.846. The van der Waals surface area contributed by atoms with Gasteiger partial charge in [0.05, 0.1) is 12.2 Å². The molecule has 2 fully saturated rings. The second-order valence-electron chi connectivity index (χ2n) is 6.14. The largest absolute Gasteiger partial charge is 0.406 e. The third-order valence-corrected chi connectivity index (χ3v) is 4.26. The monoisotopic (exact) mass is 292 g/mol. The number of carbonyl (C=O) groups excluding carboxylic acids is 1. The Morgan fingerprint density at radius 1 is 1.40 bits per heavy atom. The van der Waals surface area contributed by atoms with Gasteiger partial charge in [-0.1, -0.05) is 0 Å². The molecule has 0 N–H and O–H groups in total. The van der Waals surface area contributed by atoms with Crippen molar-refractivity contribution in [2.45, 2.75) is 45.6 Å². The van der Waals surface area contributed by atoms with Gasteiger partial charge in [0.1, 0.15) is 12.3 Å². The minimum absolute atomic E-state index is 0.418. The van der Waals surface area contributed by atoms with Crippen LogP contribution in [-0.4, -0.2) is 70.1 Å². The smallest absolute Gasteiger partial charge is 0.314 e.